The second kappa shape index (κ2) is 16.8. The molecule has 0 spiro atoms. The molecule has 0 unspecified atom stereocenters. The van der Waals surface area contributed by atoms with E-state index in [1.165, 1.54) is 11.8 Å². The van der Waals surface area contributed by atoms with Crippen molar-refractivity contribution in [2.45, 2.75) is 80.9 Å². The molecule has 0 bridgehead atoms. The number of carbonyl (C=O) groups is 1. The highest BCUT2D eigenvalue weighted by Crippen LogP contribution is 2.38. The minimum absolute atomic E-state index is 0.241. The first kappa shape index (κ1) is 33.7. The highest BCUT2D eigenvalue weighted by Gasteiger charge is 2.50. The summed E-state index contributed by atoms with van der Waals surface area (Å²) in [6.07, 6.45) is -3.55. The van der Waals surface area contributed by atoms with Crippen LogP contribution >= 0.6 is 11.8 Å². The van der Waals surface area contributed by atoms with Gasteiger partial charge in [-0.25, -0.2) is 4.79 Å². The third-order valence-electron chi connectivity index (χ3n) is 7.17. The van der Waals surface area contributed by atoms with E-state index in [-0.39, 0.29) is 13.2 Å². The van der Waals surface area contributed by atoms with Crippen molar-refractivity contribution in [3.8, 4) is 0 Å². The molecule has 1 heterocycles. The molecule has 1 aliphatic heterocycles. The fourth-order valence-electron chi connectivity index (χ4n) is 5.04. The summed E-state index contributed by atoms with van der Waals surface area (Å²) in [4.78, 5) is 14.2. The van der Waals surface area contributed by atoms with Gasteiger partial charge in [0.25, 0.3) is 0 Å². The minimum Gasteiger partial charge on any atom is -0.429 e. The van der Waals surface area contributed by atoms with Crippen LogP contribution in [0.5, 0.6) is 0 Å². The molecule has 5 rings (SSSR count). The van der Waals surface area contributed by atoms with Crippen LogP contribution in [0.3, 0.4) is 0 Å². The smallest absolute Gasteiger partial charge is 0.429 e. The second-order valence-corrected chi connectivity index (χ2v) is 13.2. The van der Waals surface area contributed by atoms with Gasteiger partial charge >= 0.3 is 6.16 Å². The van der Waals surface area contributed by atoms with Crippen LogP contribution in [0.15, 0.2) is 126 Å². The van der Waals surface area contributed by atoms with Crippen LogP contribution in [0.2, 0.25) is 0 Å². The van der Waals surface area contributed by atoms with Gasteiger partial charge in [0, 0.05) is 4.90 Å². The second-order valence-electron chi connectivity index (χ2n) is 12.0. The molecule has 0 N–H and O–H groups in total. The molecule has 0 saturated carbocycles. The van der Waals surface area contributed by atoms with Crippen molar-refractivity contribution >= 4 is 17.9 Å². The Balaban J connectivity index is 1.47. The Morgan fingerprint density at radius 1 is 0.652 bits per heavy atom. The van der Waals surface area contributed by atoms with E-state index in [1.807, 2.05) is 121 Å². The maximum Gasteiger partial charge on any atom is 0.509 e. The summed E-state index contributed by atoms with van der Waals surface area (Å²) in [5.41, 5.74) is 1.65. The fraction of sp³-hybridized carbons (Fsp3) is 0.342. The molecule has 1 fully saturated rings. The maximum absolute atomic E-state index is 13.2. The van der Waals surface area contributed by atoms with Gasteiger partial charge < -0.3 is 28.4 Å². The SMILES string of the molecule is CC(C)(C)OC(=O)O[C@H]1[C@@H](OCc2ccccc2)[C@H](OCc2ccccc2)[C@@H](COCc2ccccc2)O[C@@H]1Sc1ccccc1. The molecule has 4 aromatic rings. The van der Waals surface area contributed by atoms with Crippen molar-refractivity contribution in [3.05, 3.63) is 138 Å². The number of thioether (sulfide) groups is 1. The topological polar surface area (TPSA) is 72.5 Å². The molecular formula is C38H42O7S. The Morgan fingerprint density at radius 3 is 1.65 bits per heavy atom. The zero-order valence-corrected chi connectivity index (χ0v) is 27.3. The minimum atomic E-state index is -0.866. The lowest BCUT2D eigenvalue weighted by Gasteiger charge is -2.45. The molecule has 46 heavy (non-hydrogen) atoms. The predicted molar refractivity (Wildman–Crippen MR) is 178 cm³/mol. The maximum atomic E-state index is 13.2. The van der Waals surface area contributed by atoms with Gasteiger partial charge in [0.2, 0.25) is 0 Å². The van der Waals surface area contributed by atoms with E-state index >= 15 is 0 Å². The third-order valence-corrected chi connectivity index (χ3v) is 8.33. The van der Waals surface area contributed by atoms with Crippen molar-refractivity contribution in [2.75, 3.05) is 6.61 Å². The fourth-order valence-corrected chi connectivity index (χ4v) is 6.17. The van der Waals surface area contributed by atoms with Gasteiger partial charge in [-0.15, -0.1) is 0 Å². The quantitative estimate of drug-likeness (QED) is 0.135. The van der Waals surface area contributed by atoms with Gasteiger partial charge in [0.15, 0.2) is 6.10 Å². The molecule has 8 heteroatoms. The third kappa shape index (κ3) is 10.4. The Kier molecular flexibility index (Phi) is 12.3. The molecule has 4 aromatic carbocycles. The van der Waals surface area contributed by atoms with Crippen molar-refractivity contribution in [2.24, 2.45) is 0 Å². The molecule has 0 aromatic heterocycles. The first-order chi connectivity index (χ1) is 22.3. The summed E-state index contributed by atoms with van der Waals surface area (Å²) in [5, 5.41) is 0. The summed E-state index contributed by atoms with van der Waals surface area (Å²) in [7, 11) is 0. The standard InChI is InChI=1S/C38H42O7S/c1-38(2,3)45-37(39)44-35-34(42-26-30-20-12-6-13-21-30)33(41-25-29-18-10-5-11-19-29)32(27-40-24-28-16-8-4-9-17-28)43-36(35)46-31-22-14-7-15-23-31/h4-23,32-36H,24-27H2,1-3H3/t32-,33-,34+,35+,36-/m1/s1. The van der Waals surface area contributed by atoms with Gasteiger partial charge in [-0.05, 0) is 49.6 Å². The Morgan fingerprint density at radius 2 is 1.13 bits per heavy atom. The highest BCUT2D eigenvalue weighted by molar-refractivity contribution is 7.99. The van der Waals surface area contributed by atoms with Crippen molar-refractivity contribution in [1.29, 1.82) is 0 Å². The van der Waals surface area contributed by atoms with E-state index < -0.39 is 41.6 Å². The number of ether oxygens (including phenoxy) is 6. The van der Waals surface area contributed by atoms with E-state index in [9.17, 15) is 4.79 Å². The first-order valence-electron chi connectivity index (χ1n) is 15.5. The van der Waals surface area contributed by atoms with E-state index in [0.717, 1.165) is 21.6 Å². The van der Waals surface area contributed by atoms with E-state index in [0.29, 0.717) is 13.2 Å². The first-order valence-corrected chi connectivity index (χ1v) is 16.4. The van der Waals surface area contributed by atoms with Crippen LogP contribution in [0.25, 0.3) is 0 Å². The number of hydrogen-bond acceptors (Lipinski definition) is 8. The molecule has 5 atom stereocenters. The summed E-state index contributed by atoms with van der Waals surface area (Å²) >= 11 is 1.46. The molecule has 7 nitrogen and oxygen atoms in total. The summed E-state index contributed by atoms with van der Waals surface area (Å²) in [6, 6.07) is 39.7. The predicted octanol–water partition coefficient (Wildman–Crippen LogP) is 8.21. The van der Waals surface area contributed by atoms with Crippen LogP contribution in [0.1, 0.15) is 37.5 Å². The van der Waals surface area contributed by atoms with Crippen LogP contribution in [-0.4, -0.2) is 48.2 Å². The van der Waals surface area contributed by atoms with Crippen LogP contribution in [0, 0.1) is 0 Å². The largest absolute Gasteiger partial charge is 0.509 e. The molecular weight excluding hydrogens is 600 g/mol. The number of hydrogen-bond donors (Lipinski definition) is 0. The Bertz CT molecular complexity index is 1450. The Labute approximate surface area is 276 Å². The lowest BCUT2D eigenvalue weighted by molar-refractivity contribution is -0.246. The van der Waals surface area contributed by atoms with Gasteiger partial charge in [-0.3, -0.25) is 0 Å². The van der Waals surface area contributed by atoms with E-state index in [1.54, 1.807) is 20.8 Å². The summed E-state index contributed by atoms with van der Waals surface area (Å²) < 4.78 is 38.0. The molecule has 242 valence electrons. The average molecular weight is 643 g/mol. The zero-order chi connectivity index (χ0) is 32.2. The number of rotatable bonds is 13. The summed E-state index contributed by atoms with van der Waals surface area (Å²) in [6.45, 7) is 6.65. The molecule has 0 radical (unpaired) electrons. The number of carbonyl (C=O) groups excluding carboxylic acids is 1. The monoisotopic (exact) mass is 642 g/mol. The lowest BCUT2D eigenvalue weighted by atomic mass is 9.99. The summed E-state index contributed by atoms with van der Waals surface area (Å²) in [5.74, 6) is 0. The van der Waals surface area contributed by atoms with Crippen molar-refractivity contribution in [1.82, 2.24) is 0 Å². The molecule has 1 saturated heterocycles. The zero-order valence-electron chi connectivity index (χ0n) is 26.5. The van der Waals surface area contributed by atoms with Gasteiger partial charge in [0.1, 0.15) is 29.3 Å². The Hall–Kier alpha value is -3.66. The normalized spacial score (nSPS) is 21.4. The number of benzene rings is 4. The van der Waals surface area contributed by atoms with Crippen LogP contribution in [-0.2, 0) is 48.2 Å². The molecule has 1 aliphatic rings. The highest BCUT2D eigenvalue weighted by atomic mass is 32.2. The molecule has 0 amide bonds. The van der Waals surface area contributed by atoms with Gasteiger partial charge in [0.05, 0.1) is 26.4 Å². The van der Waals surface area contributed by atoms with Gasteiger partial charge in [-0.2, -0.15) is 0 Å². The van der Waals surface area contributed by atoms with Crippen LogP contribution in [0.4, 0.5) is 4.79 Å². The van der Waals surface area contributed by atoms with Crippen LogP contribution < -0.4 is 0 Å². The van der Waals surface area contributed by atoms with Gasteiger partial charge in [-0.1, -0.05) is 121 Å². The average Bonchev–Trinajstić information content (AvgIpc) is 3.05. The molecule has 0 aliphatic carbocycles. The van der Waals surface area contributed by atoms with Crippen molar-refractivity contribution in [3.63, 3.8) is 0 Å². The lowest BCUT2D eigenvalue weighted by Crippen LogP contribution is -2.60. The van der Waals surface area contributed by atoms with E-state index in [2.05, 4.69) is 0 Å². The van der Waals surface area contributed by atoms with Crippen molar-refractivity contribution < 1.29 is 33.2 Å². The van der Waals surface area contributed by atoms with E-state index in [4.69, 9.17) is 28.4 Å².